The lowest BCUT2D eigenvalue weighted by Gasteiger charge is -2.16. The van der Waals surface area contributed by atoms with E-state index in [1.165, 1.54) is 5.39 Å². The predicted molar refractivity (Wildman–Crippen MR) is 239 cm³/mol. The Hall–Kier alpha value is -7.74. The number of nitrogens with zero attached hydrogens (tertiary/aromatic N) is 3. The minimum atomic E-state index is 0.578. The van der Waals surface area contributed by atoms with E-state index in [1.807, 2.05) is 24.3 Å². The van der Waals surface area contributed by atoms with Gasteiger partial charge in [0, 0.05) is 27.3 Å². The summed E-state index contributed by atoms with van der Waals surface area (Å²) in [6.45, 7) is 2.17. The molecule has 4 heteroatoms. The lowest BCUT2D eigenvalue weighted by Crippen LogP contribution is -2.01. The van der Waals surface area contributed by atoms with Gasteiger partial charge in [0.05, 0.1) is 28.0 Å². The molecule has 58 heavy (non-hydrogen) atoms. The van der Waals surface area contributed by atoms with Crippen LogP contribution >= 0.6 is 0 Å². The van der Waals surface area contributed by atoms with Crippen LogP contribution in [0.3, 0.4) is 0 Å². The Bertz CT molecular complexity index is 3430. The van der Waals surface area contributed by atoms with Gasteiger partial charge >= 0.3 is 0 Å². The Morgan fingerprint density at radius 2 is 1.17 bits per heavy atom. The smallest absolute Gasteiger partial charge is 0.162 e. The Balaban J connectivity index is 1.18. The molecule has 0 spiro atoms. The van der Waals surface area contributed by atoms with E-state index in [1.54, 1.807) is 0 Å². The van der Waals surface area contributed by atoms with Gasteiger partial charge in [0.1, 0.15) is 17.2 Å². The second kappa shape index (κ2) is 13.5. The zero-order valence-electron chi connectivity index (χ0n) is 31.8. The molecule has 0 saturated heterocycles. The summed E-state index contributed by atoms with van der Waals surface area (Å²) in [6.07, 6.45) is 0.716. The summed E-state index contributed by atoms with van der Waals surface area (Å²) >= 11 is 0. The molecule has 0 atom stereocenters. The van der Waals surface area contributed by atoms with Crippen molar-refractivity contribution >= 4 is 54.6 Å². The van der Waals surface area contributed by atoms with Crippen LogP contribution in [0.4, 0.5) is 0 Å². The Kier molecular flexibility index (Phi) is 7.80. The fraction of sp³-hybridized carbons (Fsp3) is 0.0370. The van der Waals surface area contributed by atoms with E-state index < -0.39 is 0 Å². The average molecular weight is 742 g/mol. The highest BCUT2D eigenvalue weighted by Crippen LogP contribution is 2.45. The highest BCUT2D eigenvalue weighted by Gasteiger charge is 2.24. The predicted octanol–water partition coefficient (Wildman–Crippen LogP) is 14.3. The summed E-state index contributed by atoms with van der Waals surface area (Å²) in [5, 5.41) is 16.5. The Morgan fingerprint density at radius 1 is 0.552 bits per heavy atom. The van der Waals surface area contributed by atoms with Gasteiger partial charge in [0.2, 0.25) is 0 Å². The summed E-state index contributed by atoms with van der Waals surface area (Å²) in [5.74, 6) is 0. The van der Waals surface area contributed by atoms with E-state index in [0.29, 0.717) is 12.0 Å². The van der Waals surface area contributed by atoms with Gasteiger partial charge in [-0.05, 0) is 93.0 Å². The normalized spacial score (nSPS) is 11.6. The number of rotatable bonds is 6. The highest BCUT2D eigenvalue weighted by atomic mass is 16.3. The molecule has 0 unspecified atom stereocenters. The maximum atomic E-state index is 10.9. The van der Waals surface area contributed by atoms with Crippen molar-refractivity contribution in [3.63, 3.8) is 0 Å². The molecule has 0 saturated carbocycles. The molecule has 272 valence electrons. The fourth-order valence-corrected chi connectivity index (χ4v) is 8.93. The van der Waals surface area contributed by atoms with Gasteiger partial charge in [-0.15, -0.1) is 0 Å². The van der Waals surface area contributed by atoms with Crippen LogP contribution in [0.1, 0.15) is 18.1 Å². The van der Waals surface area contributed by atoms with Crippen LogP contribution in [-0.4, -0.2) is 9.55 Å². The van der Waals surface area contributed by atoms with Gasteiger partial charge in [-0.1, -0.05) is 146 Å². The van der Waals surface area contributed by atoms with Gasteiger partial charge in [-0.3, -0.25) is 0 Å². The van der Waals surface area contributed by atoms with E-state index in [0.717, 1.165) is 105 Å². The van der Waals surface area contributed by atoms with Gasteiger partial charge < -0.3 is 8.98 Å². The Morgan fingerprint density at radius 3 is 1.86 bits per heavy atom. The number of aromatic nitrogens is 2. The number of benzene rings is 8. The third-order valence-corrected chi connectivity index (χ3v) is 11.6. The zero-order chi connectivity index (χ0) is 38.7. The van der Waals surface area contributed by atoms with Crippen LogP contribution in [0.25, 0.3) is 105 Å². The maximum absolute atomic E-state index is 10.9. The second-order valence-electron chi connectivity index (χ2n) is 14.9. The molecule has 11 aromatic rings. The summed E-state index contributed by atoms with van der Waals surface area (Å²) in [5.41, 5.74) is 15.3. The lowest BCUT2D eigenvalue weighted by atomic mass is 9.91. The van der Waals surface area contributed by atoms with Gasteiger partial charge in [-0.25, -0.2) is 4.98 Å². The van der Waals surface area contributed by atoms with Crippen LogP contribution in [0.2, 0.25) is 0 Å². The van der Waals surface area contributed by atoms with Crippen molar-refractivity contribution in [1.29, 1.82) is 5.26 Å². The van der Waals surface area contributed by atoms with Crippen LogP contribution in [-0.2, 0) is 6.42 Å². The first-order chi connectivity index (χ1) is 28.7. The molecule has 11 rings (SSSR count). The molecule has 0 fully saturated rings. The van der Waals surface area contributed by atoms with Crippen molar-refractivity contribution in [2.24, 2.45) is 0 Å². The van der Waals surface area contributed by atoms with Gasteiger partial charge in [0.15, 0.2) is 5.58 Å². The number of pyridine rings is 1. The standard InChI is InChI=1S/C54H35N3O/c1-2-41-51(36-20-10-5-11-21-36)54-53(46-31-43(34-16-6-3-7-17-34)44(32-50(46)58-54)35-18-8-4-9-19-35)56-52(41)39-26-27-47(40(28-39)33-55)57-48-25-15-14-24-42(48)45-29-37-22-12-13-23-38(37)30-49(45)57/h3-32H,2H2,1H3. The molecule has 3 heterocycles. The van der Waals surface area contributed by atoms with Gasteiger partial charge in [-0.2, -0.15) is 5.26 Å². The molecule has 0 aliphatic rings. The molecule has 0 amide bonds. The number of nitriles is 1. The zero-order valence-corrected chi connectivity index (χ0v) is 31.8. The number of furan rings is 1. The molecule has 0 radical (unpaired) electrons. The molecule has 3 aromatic heterocycles. The molecule has 0 N–H and O–H groups in total. The first kappa shape index (κ1) is 33.6. The topological polar surface area (TPSA) is 54.8 Å². The van der Waals surface area contributed by atoms with E-state index in [9.17, 15) is 5.26 Å². The molecule has 8 aromatic carbocycles. The Labute approximate surface area is 335 Å². The number of hydrogen-bond donors (Lipinski definition) is 0. The van der Waals surface area contributed by atoms with Crippen LogP contribution < -0.4 is 0 Å². The first-order valence-electron chi connectivity index (χ1n) is 19.7. The summed E-state index contributed by atoms with van der Waals surface area (Å²) in [7, 11) is 0. The molecule has 0 bridgehead atoms. The van der Waals surface area contributed by atoms with Crippen molar-refractivity contribution < 1.29 is 4.42 Å². The highest BCUT2D eigenvalue weighted by molar-refractivity contribution is 6.14. The molecule has 4 nitrogen and oxygen atoms in total. The quantitative estimate of drug-likeness (QED) is 0.170. The summed E-state index contributed by atoms with van der Waals surface area (Å²) < 4.78 is 9.17. The fourth-order valence-electron chi connectivity index (χ4n) is 8.93. The number of hydrogen-bond acceptors (Lipinski definition) is 3. The lowest BCUT2D eigenvalue weighted by molar-refractivity contribution is 0.669. The molecular weight excluding hydrogens is 707 g/mol. The minimum absolute atomic E-state index is 0.578. The van der Waals surface area contributed by atoms with Crippen molar-refractivity contribution in [2.45, 2.75) is 13.3 Å². The van der Waals surface area contributed by atoms with E-state index >= 15 is 0 Å². The van der Waals surface area contributed by atoms with Crippen molar-refractivity contribution in [3.8, 4) is 56.4 Å². The first-order valence-corrected chi connectivity index (χ1v) is 19.7. The average Bonchev–Trinajstić information content (AvgIpc) is 3.81. The molecule has 0 aliphatic carbocycles. The number of para-hydroxylation sites is 1. The monoisotopic (exact) mass is 741 g/mol. The summed E-state index contributed by atoms with van der Waals surface area (Å²) in [4.78, 5) is 5.52. The molecule has 0 aliphatic heterocycles. The third-order valence-electron chi connectivity index (χ3n) is 11.6. The van der Waals surface area contributed by atoms with Crippen LogP contribution in [0, 0.1) is 11.3 Å². The largest absolute Gasteiger partial charge is 0.454 e. The van der Waals surface area contributed by atoms with Crippen molar-refractivity contribution in [2.75, 3.05) is 0 Å². The molecular formula is C54H35N3O. The van der Waals surface area contributed by atoms with Crippen LogP contribution in [0.15, 0.2) is 186 Å². The van der Waals surface area contributed by atoms with Gasteiger partial charge in [0.25, 0.3) is 0 Å². The van der Waals surface area contributed by atoms with E-state index in [-0.39, 0.29) is 0 Å². The van der Waals surface area contributed by atoms with E-state index in [2.05, 4.69) is 175 Å². The van der Waals surface area contributed by atoms with Crippen molar-refractivity contribution in [3.05, 3.63) is 193 Å². The number of fused-ring (bicyclic) bond motifs is 7. The SMILES string of the molecule is CCc1c(-c2ccc(-n3c4ccccc4c4cc5ccccc5cc43)c(C#N)c2)nc2c(oc3cc(-c4ccccc4)c(-c4ccccc4)cc32)c1-c1ccccc1. The van der Waals surface area contributed by atoms with Crippen molar-refractivity contribution in [1.82, 2.24) is 9.55 Å². The second-order valence-corrected chi connectivity index (χ2v) is 14.9. The van der Waals surface area contributed by atoms with Crippen LogP contribution in [0.5, 0.6) is 0 Å². The third kappa shape index (κ3) is 5.25. The minimum Gasteiger partial charge on any atom is -0.454 e. The maximum Gasteiger partial charge on any atom is 0.162 e. The summed E-state index contributed by atoms with van der Waals surface area (Å²) in [6, 6.07) is 66.2. The van der Waals surface area contributed by atoms with E-state index in [4.69, 9.17) is 9.40 Å².